The van der Waals surface area contributed by atoms with Crippen molar-refractivity contribution in [1.82, 2.24) is 0 Å². The zero-order chi connectivity index (χ0) is 16.1. The van der Waals surface area contributed by atoms with E-state index in [1.807, 2.05) is 0 Å². The quantitative estimate of drug-likeness (QED) is 0.869. The van der Waals surface area contributed by atoms with Crippen LogP contribution in [0.4, 0.5) is 10.1 Å². The molecule has 0 saturated carbocycles. The molecular formula is C16H13ClFNO3. The SMILES string of the molecule is CCOC(=O)c1ccc(NC(=O)c2c(F)cccc2Cl)cc1. The highest BCUT2D eigenvalue weighted by atomic mass is 35.5. The number of halogens is 2. The van der Waals surface area contributed by atoms with E-state index >= 15 is 0 Å². The molecule has 22 heavy (non-hydrogen) atoms. The maximum atomic E-state index is 13.7. The Morgan fingerprint density at radius 3 is 2.45 bits per heavy atom. The molecule has 0 saturated heterocycles. The third-order valence-corrected chi connectivity index (χ3v) is 3.16. The smallest absolute Gasteiger partial charge is 0.338 e. The zero-order valence-electron chi connectivity index (χ0n) is 11.7. The maximum Gasteiger partial charge on any atom is 0.338 e. The van der Waals surface area contributed by atoms with Crippen molar-refractivity contribution in [3.8, 4) is 0 Å². The van der Waals surface area contributed by atoms with Crippen LogP contribution in [0.3, 0.4) is 0 Å². The minimum absolute atomic E-state index is 0.0284. The van der Waals surface area contributed by atoms with Crippen molar-refractivity contribution < 1.29 is 18.7 Å². The molecule has 4 nitrogen and oxygen atoms in total. The van der Waals surface area contributed by atoms with Gasteiger partial charge in [-0.2, -0.15) is 0 Å². The fourth-order valence-corrected chi connectivity index (χ4v) is 2.06. The first-order chi connectivity index (χ1) is 10.5. The van der Waals surface area contributed by atoms with Gasteiger partial charge < -0.3 is 10.1 Å². The van der Waals surface area contributed by atoms with Gasteiger partial charge in [0, 0.05) is 5.69 Å². The molecule has 0 aromatic heterocycles. The summed E-state index contributed by atoms with van der Waals surface area (Å²) in [4.78, 5) is 23.6. The Balaban J connectivity index is 2.14. The lowest BCUT2D eigenvalue weighted by Crippen LogP contribution is -2.14. The van der Waals surface area contributed by atoms with Crippen LogP contribution in [0.5, 0.6) is 0 Å². The Hall–Kier alpha value is -2.40. The second-order valence-corrected chi connectivity index (χ2v) is 4.76. The van der Waals surface area contributed by atoms with Crippen molar-refractivity contribution in [2.75, 3.05) is 11.9 Å². The Morgan fingerprint density at radius 2 is 1.86 bits per heavy atom. The van der Waals surface area contributed by atoms with E-state index in [4.69, 9.17) is 16.3 Å². The minimum Gasteiger partial charge on any atom is -0.462 e. The highest BCUT2D eigenvalue weighted by Gasteiger charge is 2.16. The number of anilines is 1. The van der Waals surface area contributed by atoms with Gasteiger partial charge >= 0.3 is 5.97 Å². The number of hydrogen-bond donors (Lipinski definition) is 1. The van der Waals surface area contributed by atoms with Crippen molar-refractivity contribution in [1.29, 1.82) is 0 Å². The van der Waals surface area contributed by atoms with Crippen LogP contribution in [-0.2, 0) is 4.74 Å². The van der Waals surface area contributed by atoms with Gasteiger partial charge in [-0.25, -0.2) is 9.18 Å². The average Bonchev–Trinajstić information content (AvgIpc) is 2.48. The van der Waals surface area contributed by atoms with Crippen LogP contribution in [0.2, 0.25) is 5.02 Å². The van der Waals surface area contributed by atoms with E-state index in [2.05, 4.69) is 5.32 Å². The molecule has 0 atom stereocenters. The molecule has 2 rings (SSSR count). The van der Waals surface area contributed by atoms with E-state index in [1.165, 1.54) is 36.4 Å². The lowest BCUT2D eigenvalue weighted by molar-refractivity contribution is 0.0526. The number of ether oxygens (including phenoxy) is 1. The summed E-state index contributed by atoms with van der Waals surface area (Å²) in [6, 6.07) is 10.1. The number of carbonyl (C=O) groups excluding carboxylic acids is 2. The lowest BCUT2D eigenvalue weighted by Gasteiger charge is -2.08. The lowest BCUT2D eigenvalue weighted by atomic mass is 10.1. The van der Waals surface area contributed by atoms with E-state index in [0.29, 0.717) is 11.3 Å². The number of rotatable bonds is 4. The molecule has 6 heteroatoms. The molecule has 0 spiro atoms. The van der Waals surface area contributed by atoms with Crippen molar-refractivity contribution in [2.45, 2.75) is 6.92 Å². The molecule has 0 aliphatic heterocycles. The molecule has 1 amide bonds. The van der Waals surface area contributed by atoms with Crippen molar-refractivity contribution in [2.24, 2.45) is 0 Å². The van der Waals surface area contributed by atoms with E-state index in [1.54, 1.807) is 6.92 Å². The van der Waals surface area contributed by atoms with Gasteiger partial charge in [0.2, 0.25) is 0 Å². The van der Waals surface area contributed by atoms with Gasteiger partial charge in [0.25, 0.3) is 5.91 Å². The van der Waals surface area contributed by atoms with Gasteiger partial charge in [-0.15, -0.1) is 0 Å². The van der Waals surface area contributed by atoms with Crippen LogP contribution in [-0.4, -0.2) is 18.5 Å². The summed E-state index contributed by atoms with van der Waals surface area (Å²) in [7, 11) is 0. The van der Waals surface area contributed by atoms with Crippen LogP contribution in [0.25, 0.3) is 0 Å². The van der Waals surface area contributed by atoms with Crippen LogP contribution in [0.1, 0.15) is 27.6 Å². The average molecular weight is 322 g/mol. The van der Waals surface area contributed by atoms with E-state index in [0.717, 1.165) is 6.07 Å². The first-order valence-electron chi connectivity index (χ1n) is 6.55. The molecule has 114 valence electrons. The third kappa shape index (κ3) is 3.62. The van der Waals surface area contributed by atoms with E-state index in [9.17, 15) is 14.0 Å². The topological polar surface area (TPSA) is 55.4 Å². The first-order valence-corrected chi connectivity index (χ1v) is 6.93. The summed E-state index contributed by atoms with van der Waals surface area (Å²) in [5, 5.41) is 2.55. The van der Waals surface area contributed by atoms with Gasteiger partial charge in [-0.05, 0) is 43.3 Å². The normalized spacial score (nSPS) is 10.1. The van der Waals surface area contributed by atoms with E-state index in [-0.39, 0.29) is 17.2 Å². The predicted octanol–water partition coefficient (Wildman–Crippen LogP) is 3.91. The van der Waals surface area contributed by atoms with Gasteiger partial charge in [0.05, 0.1) is 22.8 Å². The molecule has 0 radical (unpaired) electrons. The number of amides is 1. The second-order valence-electron chi connectivity index (χ2n) is 4.35. The van der Waals surface area contributed by atoms with Crippen LogP contribution >= 0.6 is 11.6 Å². The summed E-state index contributed by atoms with van der Waals surface area (Å²) in [6.45, 7) is 1.99. The van der Waals surface area contributed by atoms with Crippen LogP contribution < -0.4 is 5.32 Å². The monoisotopic (exact) mass is 321 g/mol. The predicted molar refractivity (Wildman–Crippen MR) is 81.8 cm³/mol. The van der Waals surface area contributed by atoms with Crippen molar-refractivity contribution >= 4 is 29.2 Å². The first kappa shape index (κ1) is 16.0. The maximum absolute atomic E-state index is 13.7. The molecule has 0 aliphatic carbocycles. The molecule has 0 bridgehead atoms. The van der Waals surface area contributed by atoms with Gasteiger partial charge in [0.1, 0.15) is 5.82 Å². The summed E-state index contributed by atoms with van der Waals surface area (Å²) < 4.78 is 18.5. The summed E-state index contributed by atoms with van der Waals surface area (Å²) in [5.74, 6) is -1.81. The summed E-state index contributed by atoms with van der Waals surface area (Å²) in [6.07, 6.45) is 0. The Labute approximate surface area is 131 Å². The molecule has 0 heterocycles. The molecule has 0 fully saturated rings. The van der Waals surface area contributed by atoms with Gasteiger partial charge in [-0.1, -0.05) is 17.7 Å². The second kappa shape index (κ2) is 7.04. The number of hydrogen-bond acceptors (Lipinski definition) is 3. The molecular weight excluding hydrogens is 309 g/mol. The standard InChI is InChI=1S/C16H13ClFNO3/c1-2-22-16(21)10-6-8-11(9-7-10)19-15(20)14-12(17)4-3-5-13(14)18/h3-9H,2H2,1H3,(H,19,20). The van der Waals surface area contributed by atoms with Gasteiger partial charge in [0.15, 0.2) is 0 Å². The summed E-state index contributed by atoms with van der Waals surface area (Å²) >= 11 is 5.83. The van der Waals surface area contributed by atoms with E-state index < -0.39 is 17.7 Å². The molecule has 2 aromatic rings. The minimum atomic E-state index is -0.701. The third-order valence-electron chi connectivity index (χ3n) is 2.84. The Bertz CT molecular complexity index is 681. The highest BCUT2D eigenvalue weighted by molar-refractivity contribution is 6.34. The largest absolute Gasteiger partial charge is 0.462 e. The number of carbonyl (C=O) groups is 2. The van der Waals surface area contributed by atoms with Crippen LogP contribution in [0, 0.1) is 5.82 Å². The van der Waals surface area contributed by atoms with Crippen molar-refractivity contribution in [3.05, 3.63) is 64.4 Å². The molecule has 2 aromatic carbocycles. The Morgan fingerprint density at radius 1 is 1.18 bits per heavy atom. The zero-order valence-corrected chi connectivity index (χ0v) is 12.5. The van der Waals surface area contributed by atoms with Gasteiger partial charge in [-0.3, -0.25) is 4.79 Å². The Kier molecular flexibility index (Phi) is 5.12. The summed E-state index contributed by atoms with van der Waals surface area (Å²) in [5.41, 5.74) is 0.555. The fraction of sp³-hybridized carbons (Fsp3) is 0.125. The van der Waals surface area contributed by atoms with Crippen molar-refractivity contribution in [3.63, 3.8) is 0 Å². The number of esters is 1. The molecule has 0 aliphatic rings. The molecule has 1 N–H and O–H groups in total. The molecule has 0 unspecified atom stereocenters. The fourth-order valence-electron chi connectivity index (χ4n) is 1.81. The van der Waals surface area contributed by atoms with Crippen LogP contribution in [0.15, 0.2) is 42.5 Å². The number of nitrogens with one attached hydrogen (secondary N) is 1. The number of benzene rings is 2. The highest BCUT2D eigenvalue weighted by Crippen LogP contribution is 2.20.